The summed E-state index contributed by atoms with van der Waals surface area (Å²) >= 11 is 1.90. The minimum absolute atomic E-state index is 0.180. The summed E-state index contributed by atoms with van der Waals surface area (Å²) in [5.41, 5.74) is 10.4. The number of aromatic nitrogens is 3. The van der Waals surface area contributed by atoms with Gasteiger partial charge in [0.15, 0.2) is 17.5 Å². The van der Waals surface area contributed by atoms with Crippen molar-refractivity contribution in [2.75, 3.05) is 0 Å². The molecule has 7 aromatic rings. The average Bonchev–Trinajstić information content (AvgIpc) is 3.59. The molecule has 3 nitrogen and oxygen atoms in total. The molecule has 0 fully saturated rings. The van der Waals surface area contributed by atoms with Crippen LogP contribution in [-0.2, 0) is 5.41 Å². The number of rotatable bonds is 6. The molecule has 226 valence electrons. The molecule has 47 heavy (non-hydrogen) atoms. The van der Waals surface area contributed by atoms with Crippen LogP contribution in [0, 0.1) is 0 Å². The maximum atomic E-state index is 4.94. The molecule has 4 heteroatoms. The second-order valence-electron chi connectivity index (χ2n) is 12.5. The van der Waals surface area contributed by atoms with Crippen molar-refractivity contribution >= 4 is 42.7 Å². The predicted octanol–water partition coefficient (Wildman–Crippen LogP) is 11.6. The normalized spacial score (nSPS) is 14.1. The van der Waals surface area contributed by atoms with E-state index in [4.69, 9.17) is 15.0 Å². The van der Waals surface area contributed by atoms with Crippen LogP contribution in [0.3, 0.4) is 0 Å². The third kappa shape index (κ3) is 4.84. The zero-order valence-electron chi connectivity index (χ0n) is 26.7. The van der Waals surface area contributed by atoms with Crippen LogP contribution < -0.4 is 0 Å². The molecule has 0 unspecified atom stereocenters. The van der Waals surface area contributed by atoms with E-state index in [1.54, 1.807) is 0 Å². The van der Waals surface area contributed by atoms with Gasteiger partial charge in [-0.15, -0.1) is 11.3 Å². The first kappa shape index (κ1) is 29.0. The Hall–Kier alpha value is -5.45. The van der Waals surface area contributed by atoms with Crippen LogP contribution in [0.4, 0.5) is 0 Å². The van der Waals surface area contributed by atoms with Gasteiger partial charge in [0.25, 0.3) is 0 Å². The smallest absolute Gasteiger partial charge is 0.164 e. The topological polar surface area (TPSA) is 38.7 Å². The minimum Gasteiger partial charge on any atom is -0.208 e. The number of thiophene rings is 1. The minimum atomic E-state index is -0.180. The molecule has 0 aliphatic heterocycles. The summed E-state index contributed by atoms with van der Waals surface area (Å²) in [6.45, 7) is 11.1. The van der Waals surface area contributed by atoms with Gasteiger partial charge in [-0.3, -0.25) is 0 Å². The zero-order valence-corrected chi connectivity index (χ0v) is 27.5. The van der Waals surface area contributed by atoms with Crippen LogP contribution >= 0.6 is 11.3 Å². The molecule has 0 saturated carbocycles. The lowest BCUT2D eigenvalue weighted by atomic mass is 9.76. The molecular formula is C43H33N3S. The van der Waals surface area contributed by atoms with E-state index in [0.717, 1.165) is 22.3 Å². The van der Waals surface area contributed by atoms with Crippen molar-refractivity contribution in [3.8, 4) is 34.2 Å². The molecule has 0 N–H and O–H groups in total. The number of hydrogen-bond acceptors (Lipinski definition) is 4. The van der Waals surface area contributed by atoms with Gasteiger partial charge in [-0.05, 0) is 46.4 Å². The van der Waals surface area contributed by atoms with Crippen LogP contribution in [0.25, 0.3) is 65.5 Å². The maximum Gasteiger partial charge on any atom is 0.164 e. The first-order chi connectivity index (χ1) is 22.9. The standard InChI is InChI=1S/C43H33N3S/c1-5-14-32(38-27(2)37-35(43(38,3)4)26-25-34-33-19-12-13-20-36(33)47-39(34)37)28-21-23-31(24-22-28)42-45-40(29-15-8-6-9-16-29)44-41(46-42)30-17-10-7-11-18-30/h5-26H,1H2,2-4H3/b32-14-. The fraction of sp³-hybridized carbons (Fsp3) is 0.0930. The van der Waals surface area contributed by atoms with Gasteiger partial charge in [-0.1, -0.05) is 148 Å². The number of benzene rings is 5. The third-order valence-electron chi connectivity index (χ3n) is 9.30. The van der Waals surface area contributed by atoms with Crippen molar-refractivity contribution in [3.63, 3.8) is 0 Å². The SMILES string of the molecule is C=C/C=C(\C1=C(C)c2c(ccc3c2sc2ccccc23)C1(C)C)c1ccc(-c2nc(-c3ccccc3)nc(-c3ccccc3)n2)cc1. The molecule has 0 atom stereocenters. The van der Waals surface area contributed by atoms with Crippen molar-refractivity contribution in [3.05, 3.63) is 162 Å². The Bertz CT molecular complexity index is 2320. The van der Waals surface area contributed by atoms with Gasteiger partial charge >= 0.3 is 0 Å². The maximum absolute atomic E-state index is 4.94. The Morgan fingerprint density at radius 1 is 0.638 bits per heavy atom. The van der Waals surface area contributed by atoms with Crippen LogP contribution in [0.15, 0.2) is 146 Å². The monoisotopic (exact) mass is 623 g/mol. The molecule has 5 aromatic carbocycles. The second kappa shape index (κ2) is 11.4. The summed E-state index contributed by atoms with van der Waals surface area (Å²) in [5.74, 6) is 1.96. The van der Waals surface area contributed by atoms with Crippen LogP contribution in [-0.4, -0.2) is 15.0 Å². The zero-order chi connectivity index (χ0) is 32.1. The second-order valence-corrected chi connectivity index (χ2v) is 13.6. The molecule has 0 saturated heterocycles. The highest BCUT2D eigenvalue weighted by Crippen LogP contribution is 2.54. The van der Waals surface area contributed by atoms with Crippen molar-refractivity contribution in [1.82, 2.24) is 15.0 Å². The van der Waals surface area contributed by atoms with E-state index in [9.17, 15) is 0 Å². The van der Waals surface area contributed by atoms with Gasteiger partial charge < -0.3 is 0 Å². The average molecular weight is 624 g/mol. The lowest BCUT2D eigenvalue weighted by molar-refractivity contribution is 0.658. The Labute approximate surface area is 279 Å². The van der Waals surface area contributed by atoms with E-state index in [1.807, 2.05) is 78.1 Å². The van der Waals surface area contributed by atoms with Crippen molar-refractivity contribution in [1.29, 1.82) is 0 Å². The number of fused-ring (bicyclic) bond motifs is 5. The Morgan fingerprint density at radius 2 is 1.19 bits per heavy atom. The molecule has 2 heterocycles. The van der Waals surface area contributed by atoms with Crippen molar-refractivity contribution < 1.29 is 0 Å². The summed E-state index contributed by atoms with van der Waals surface area (Å²) in [6, 6.07) is 42.2. The van der Waals surface area contributed by atoms with Gasteiger partial charge in [0.2, 0.25) is 0 Å². The Balaban J connectivity index is 1.23. The Kier molecular flexibility index (Phi) is 7.04. The summed E-state index contributed by atoms with van der Waals surface area (Å²) < 4.78 is 2.70. The summed E-state index contributed by atoms with van der Waals surface area (Å²) in [4.78, 5) is 14.7. The van der Waals surface area contributed by atoms with E-state index in [1.165, 1.54) is 48.0 Å². The molecule has 0 amide bonds. The highest BCUT2D eigenvalue weighted by atomic mass is 32.1. The van der Waals surface area contributed by atoms with Crippen LogP contribution in [0.5, 0.6) is 0 Å². The van der Waals surface area contributed by atoms with E-state index in [-0.39, 0.29) is 5.41 Å². The fourth-order valence-electron chi connectivity index (χ4n) is 7.13. The molecular weight excluding hydrogens is 591 g/mol. The van der Waals surface area contributed by atoms with E-state index in [2.05, 4.69) is 94.1 Å². The van der Waals surface area contributed by atoms with E-state index >= 15 is 0 Å². The molecule has 0 spiro atoms. The first-order valence-corrected chi connectivity index (χ1v) is 16.7. The van der Waals surface area contributed by atoms with Gasteiger partial charge in [0.05, 0.1) is 0 Å². The quantitative estimate of drug-likeness (QED) is 0.173. The summed E-state index contributed by atoms with van der Waals surface area (Å²) in [6.07, 6.45) is 4.06. The lowest BCUT2D eigenvalue weighted by Crippen LogP contribution is -2.18. The van der Waals surface area contributed by atoms with Crippen LogP contribution in [0.2, 0.25) is 0 Å². The lowest BCUT2D eigenvalue weighted by Gasteiger charge is -2.27. The number of hydrogen-bond donors (Lipinski definition) is 0. The van der Waals surface area contributed by atoms with Gasteiger partial charge in [-0.25, -0.2) is 15.0 Å². The van der Waals surface area contributed by atoms with Crippen LogP contribution in [0.1, 0.15) is 37.5 Å². The van der Waals surface area contributed by atoms with Gasteiger partial charge in [-0.2, -0.15) is 0 Å². The molecule has 0 bridgehead atoms. The first-order valence-electron chi connectivity index (χ1n) is 15.9. The summed E-state index contributed by atoms with van der Waals surface area (Å²) in [7, 11) is 0. The van der Waals surface area contributed by atoms with E-state index < -0.39 is 0 Å². The molecule has 1 aliphatic rings. The third-order valence-corrected chi connectivity index (χ3v) is 10.5. The number of allylic oxidation sites excluding steroid dienone is 5. The van der Waals surface area contributed by atoms with Gasteiger partial charge in [0.1, 0.15) is 0 Å². The molecule has 1 aliphatic carbocycles. The molecule has 0 radical (unpaired) electrons. The number of nitrogens with zero attached hydrogens (tertiary/aromatic N) is 3. The largest absolute Gasteiger partial charge is 0.208 e. The highest BCUT2D eigenvalue weighted by Gasteiger charge is 2.39. The molecule has 8 rings (SSSR count). The fourth-order valence-corrected chi connectivity index (χ4v) is 8.43. The van der Waals surface area contributed by atoms with Crippen molar-refractivity contribution in [2.24, 2.45) is 0 Å². The summed E-state index contributed by atoms with van der Waals surface area (Å²) in [5, 5.41) is 2.66. The van der Waals surface area contributed by atoms with E-state index in [0.29, 0.717) is 17.5 Å². The Morgan fingerprint density at radius 3 is 1.79 bits per heavy atom. The predicted molar refractivity (Wildman–Crippen MR) is 199 cm³/mol. The van der Waals surface area contributed by atoms with Crippen molar-refractivity contribution in [2.45, 2.75) is 26.2 Å². The van der Waals surface area contributed by atoms with Gasteiger partial charge in [0, 0.05) is 42.3 Å². The highest BCUT2D eigenvalue weighted by molar-refractivity contribution is 7.26. The molecule has 2 aromatic heterocycles.